The van der Waals surface area contributed by atoms with E-state index in [0.29, 0.717) is 11.8 Å². The minimum Gasteiger partial charge on any atom is -0.390 e. The standard InChI is InChI=1S/C11H20O/c1-8-5-6-10(9(2)7-8)11(3,4)12/h7,9-10,12H,5-6H2,1-4H3/t9-,10+/m0/s1. The van der Waals surface area contributed by atoms with E-state index >= 15 is 0 Å². The van der Waals surface area contributed by atoms with Crippen molar-refractivity contribution < 1.29 is 5.11 Å². The molecule has 12 heavy (non-hydrogen) atoms. The summed E-state index contributed by atoms with van der Waals surface area (Å²) in [6, 6.07) is 0. The van der Waals surface area contributed by atoms with E-state index in [-0.39, 0.29) is 0 Å². The zero-order chi connectivity index (χ0) is 9.35. The van der Waals surface area contributed by atoms with Crippen LogP contribution >= 0.6 is 0 Å². The van der Waals surface area contributed by atoms with Gasteiger partial charge >= 0.3 is 0 Å². The van der Waals surface area contributed by atoms with Gasteiger partial charge in [-0.15, -0.1) is 0 Å². The summed E-state index contributed by atoms with van der Waals surface area (Å²) in [7, 11) is 0. The van der Waals surface area contributed by atoms with Crippen LogP contribution < -0.4 is 0 Å². The van der Waals surface area contributed by atoms with Gasteiger partial charge in [0.05, 0.1) is 5.60 Å². The third-order valence-corrected chi connectivity index (χ3v) is 2.94. The summed E-state index contributed by atoms with van der Waals surface area (Å²) >= 11 is 0. The molecule has 0 saturated carbocycles. The molecule has 0 aromatic heterocycles. The summed E-state index contributed by atoms with van der Waals surface area (Å²) in [6.07, 6.45) is 4.58. The Hall–Kier alpha value is -0.300. The molecule has 1 nitrogen and oxygen atoms in total. The van der Waals surface area contributed by atoms with Gasteiger partial charge in [0, 0.05) is 0 Å². The molecule has 0 unspecified atom stereocenters. The Morgan fingerprint density at radius 3 is 2.50 bits per heavy atom. The SMILES string of the molecule is CC1=C[C@H](C)[C@H](C(C)(C)O)CC1. The molecule has 1 N–H and O–H groups in total. The molecule has 1 rings (SSSR count). The molecule has 0 aliphatic heterocycles. The van der Waals surface area contributed by atoms with Crippen LogP contribution in [0.5, 0.6) is 0 Å². The maximum absolute atomic E-state index is 9.87. The number of hydrogen-bond donors (Lipinski definition) is 1. The summed E-state index contributed by atoms with van der Waals surface area (Å²) in [5.41, 5.74) is 0.958. The van der Waals surface area contributed by atoms with Crippen molar-refractivity contribution in [3.63, 3.8) is 0 Å². The monoisotopic (exact) mass is 168 g/mol. The highest BCUT2D eigenvalue weighted by Gasteiger charge is 2.32. The third-order valence-electron chi connectivity index (χ3n) is 2.94. The molecule has 0 radical (unpaired) electrons. The molecular formula is C11H20O. The summed E-state index contributed by atoms with van der Waals surface area (Å²) < 4.78 is 0. The first kappa shape index (κ1) is 9.79. The van der Waals surface area contributed by atoms with Crippen molar-refractivity contribution in [2.24, 2.45) is 11.8 Å². The normalized spacial score (nSPS) is 31.6. The van der Waals surface area contributed by atoms with Gasteiger partial charge in [0.15, 0.2) is 0 Å². The van der Waals surface area contributed by atoms with Crippen molar-refractivity contribution in [2.75, 3.05) is 0 Å². The molecule has 1 aliphatic carbocycles. The van der Waals surface area contributed by atoms with Gasteiger partial charge in [-0.3, -0.25) is 0 Å². The van der Waals surface area contributed by atoms with Crippen molar-refractivity contribution >= 4 is 0 Å². The van der Waals surface area contributed by atoms with Crippen LogP contribution in [0, 0.1) is 11.8 Å². The Balaban J connectivity index is 2.72. The Morgan fingerprint density at radius 1 is 1.50 bits per heavy atom. The summed E-state index contributed by atoms with van der Waals surface area (Å²) in [5.74, 6) is 0.958. The fourth-order valence-electron chi connectivity index (χ4n) is 2.29. The molecule has 0 bridgehead atoms. The van der Waals surface area contributed by atoms with Gasteiger partial charge in [-0.25, -0.2) is 0 Å². The van der Waals surface area contributed by atoms with Crippen LogP contribution in [0.2, 0.25) is 0 Å². The van der Waals surface area contributed by atoms with E-state index in [4.69, 9.17) is 0 Å². The smallest absolute Gasteiger partial charge is 0.0625 e. The second-order valence-electron chi connectivity index (χ2n) is 4.67. The van der Waals surface area contributed by atoms with Crippen molar-refractivity contribution in [3.05, 3.63) is 11.6 Å². The minimum absolute atomic E-state index is 0.432. The third kappa shape index (κ3) is 2.10. The molecule has 0 fully saturated rings. The Labute approximate surface area is 75.5 Å². The Bertz CT molecular complexity index is 186. The minimum atomic E-state index is -0.517. The van der Waals surface area contributed by atoms with E-state index in [1.165, 1.54) is 5.57 Å². The summed E-state index contributed by atoms with van der Waals surface area (Å²) in [5, 5.41) is 9.87. The van der Waals surface area contributed by atoms with Crippen LogP contribution in [0.15, 0.2) is 11.6 Å². The highest BCUT2D eigenvalue weighted by Crippen LogP contribution is 2.35. The lowest BCUT2D eigenvalue weighted by atomic mass is 9.74. The van der Waals surface area contributed by atoms with E-state index in [1.54, 1.807) is 0 Å². The fraction of sp³-hybridized carbons (Fsp3) is 0.818. The topological polar surface area (TPSA) is 20.2 Å². The molecule has 1 heteroatoms. The molecule has 0 spiro atoms. The molecule has 1 aliphatic rings. The summed E-state index contributed by atoms with van der Waals surface area (Å²) in [4.78, 5) is 0. The maximum atomic E-state index is 9.87. The van der Waals surface area contributed by atoms with Crippen LogP contribution in [0.3, 0.4) is 0 Å². The number of rotatable bonds is 1. The van der Waals surface area contributed by atoms with Crippen molar-refractivity contribution in [1.29, 1.82) is 0 Å². The summed E-state index contributed by atoms with van der Waals surface area (Å²) in [6.45, 7) is 8.22. The first-order valence-corrected chi connectivity index (χ1v) is 4.81. The highest BCUT2D eigenvalue weighted by atomic mass is 16.3. The zero-order valence-corrected chi connectivity index (χ0v) is 8.59. The Kier molecular flexibility index (Phi) is 2.62. The van der Waals surface area contributed by atoms with Crippen LogP contribution in [-0.2, 0) is 0 Å². The molecule has 70 valence electrons. The lowest BCUT2D eigenvalue weighted by Gasteiger charge is -2.36. The van der Waals surface area contributed by atoms with E-state index in [0.717, 1.165) is 12.8 Å². The van der Waals surface area contributed by atoms with Crippen LogP contribution in [-0.4, -0.2) is 10.7 Å². The van der Waals surface area contributed by atoms with Gasteiger partial charge in [0.25, 0.3) is 0 Å². The number of allylic oxidation sites excluding steroid dienone is 2. The van der Waals surface area contributed by atoms with Gasteiger partial charge in [0.1, 0.15) is 0 Å². The predicted octanol–water partition coefficient (Wildman–Crippen LogP) is 2.75. The van der Waals surface area contributed by atoms with E-state index in [9.17, 15) is 5.11 Å². The molecule has 0 amide bonds. The predicted molar refractivity (Wildman–Crippen MR) is 51.9 cm³/mol. The quantitative estimate of drug-likeness (QED) is 0.597. The molecular weight excluding hydrogens is 148 g/mol. The van der Waals surface area contributed by atoms with E-state index in [2.05, 4.69) is 19.9 Å². The van der Waals surface area contributed by atoms with Gasteiger partial charge in [-0.1, -0.05) is 18.6 Å². The number of aliphatic hydroxyl groups is 1. The van der Waals surface area contributed by atoms with Gasteiger partial charge in [-0.2, -0.15) is 0 Å². The second-order valence-corrected chi connectivity index (χ2v) is 4.67. The largest absolute Gasteiger partial charge is 0.390 e. The molecule has 2 atom stereocenters. The first-order chi connectivity index (χ1) is 5.41. The van der Waals surface area contributed by atoms with Crippen molar-refractivity contribution in [3.8, 4) is 0 Å². The molecule has 0 saturated heterocycles. The molecule has 0 aromatic rings. The first-order valence-electron chi connectivity index (χ1n) is 4.81. The lowest BCUT2D eigenvalue weighted by Crippen LogP contribution is -2.36. The van der Waals surface area contributed by atoms with E-state index < -0.39 is 5.60 Å². The van der Waals surface area contributed by atoms with Crippen molar-refractivity contribution in [1.82, 2.24) is 0 Å². The maximum Gasteiger partial charge on any atom is 0.0625 e. The highest BCUT2D eigenvalue weighted by molar-refractivity contribution is 5.08. The van der Waals surface area contributed by atoms with Crippen LogP contribution in [0.4, 0.5) is 0 Å². The van der Waals surface area contributed by atoms with Gasteiger partial charge < -0.3 is 5.11 Å². The van der Waals surface area contributed by atoms with E-state index in [1.807, 2.05) is 13.8 Å². The van der Waals surface area contributed by atoms with Crippen LogP contribution in [0.25, 0.3) is 0 Å². The molecule has 0 heterocycles. The lowest BCUT2D eigenvalue weighted by molar-refractivity contribution is -0.00491. The van der Waals surface area contributed by atoms with Gasteiger partial charge in [0.2, 0.25) is 0 Å². The van der Waals surface area contributed by atoms with Gasteiger partial charge in [-0.05, 0) is 45.4 Å². The Morgan fingerprint density at radius 2 is 2.08 bits per heavy atom. The number of hydrogen-bond acceptors (Lipinski definition) is 1. The van der Waals surface area contributed by atoms with Crippen LogP contribution in [0.1, 0.15) is 40.5 Å². The average molecular weight is 168 g/mol. The van der Waals surface area contributed by atoms with Crippen molar-refractivity contribution in [2.45, 2.75) is 46.1 Å². The average Bonchev–Trinajstić information content (AvgIpc) is 1.83. The zero-order valence-electron chi connectivity index (χ0n) is 8.59. The second kappa shape index (κ2) is 3.21. The molecule has 0 aromatic carbocycles. The fourth-order valence-corrected chi connectivity index (χ4v) is 2.29.